The number of pyridine rings is 1. The SMILES string of the molecule is Oc1cccc(NC2(Cl)N=CC(F)=C(Nc3ccc(Cl)nc3)N2)c1. The number of hydrogen-bond acceptors (Lipinski definition) is 6. The summed E-state index contributed by atoms with van der Waals surface area (Å²) >= 11 is 12.1. The van der Waals surface area contributed by atoms with Crippen molar-refractivity contribution >= 4 is 40.8 Å². The van der Waals surface area contributed by atoms with E-state index in [1.54, 1.807) is 24.3 Å². The highest BCUT2D eigenvalue weighted by atomic mass is 35.5. The average molecular weight is 368 g/mol. The molecular formula is C15H12Cl2FN5O. The minimum Gasteiger partial charge on any atom is -0.508 e. The van der Waals surface area contributed by atoms with Gasteiger partial charge in [-0.2, -0.15) is 0 Å². The maximum atomic E-state index is 14.0. The fraction of sp³-hybridized carbons (Fsp3) is 0.0667. The van der Waals surface area contributed by atoms with Crippen LogP contribution in [0.3, 0.4) is 0 Å². The van der Waals surface area contributed by atoms with Gasteiger partial charge in [0.15, 0.2) is 5.83 Å². The third kappa shape index (κ3) is 3.87. The van der Waals surface area contributed by atoms with E-state index in [1.807, 2.05) is 0 Å². The zero-order chi connectivity index (χ0) is 17.2. The van der Waals surface area contributed by atoms with Gasteiger partial charge < -0.3 is 21.1 Å². The summed E-state index contributed by atoms with van der Waals surface area (Å²) in [6.07, 6.45) is 2.44. The van der Waals surface area contributed by atoms with Gasteiger partial charge in [0, 0.05) is 11.8 Å². The predicted octanol–water partition coefficient (Wildman–Crippen LogP) is 3.63. The second-order valence-electron chi connectivity index (χ2n) is 4.90. The quantitative estimate of drug-likeness (QED) is 0.377. The molecule has 124 valence electrons. The van der Waals surface area contributed by atoms with Crippen LogP contribution in [-0.2, 0) is 0 Å². The summed E-state index contributed by atoms with van der Waals surface area (Å²) in [6.45, 7) is 0. The summed E-state index contributed by atoms with van der Waals surface area (Å²) in [5.41, 5.74) is 1.02. The van der Waals surface area contributed by atoms with Crippen LogP contribution in [-0.4, -0.2) is 21.6 Å². The third-order valence-electron chi connectivity index (χ3n) is 3.04. The Morgan fingerprint density at radius 2 is 2.04 bits per heavy atom. The van der Waals surface area contributed by atoms with Crippen molar-refractivity contribution in [2.75, 3.05) is 10.6 Å². The highest BCUT2D eigenvalue weighted by Crippen LogP contribution is 2.26. The number of aromatic nitrogens is 1. The molecular weight excluding hydrogens is 356 g/mol. The number of aromatic hydroxyl groups is 1. The second-order valence-corrected chi connectivity index (χ2v) is 5.83. The number of hydrogen-bond donors (Lipinski definition) is 4. The van der Waals surface area contributed by atoms with Crippen LogP contribution >= 0.6 is 23.2 Å². The molecule has 1 aliphatic heterocycles. The van der Waals surface area contributed by atoms with Crippen molar-refractivity contribution in [3.8, 4) is 5.75 Å². The Bertz CT molecular complexity index is 812. The molecule has 0 amide bonds. The van der Waals surface area contributed by atoms with Crippen LogP contribution in [0, 0.1) is 0 Å². The van der Waals surface area contributed by atoms with Crippen LogP contribution in [0.5, 0.6) is 5.75 Å². The summed E-state index contributed by atoms with van der Waals surface area (Å²) in [7, 11) is 0. The van der Waals surface area contributed by atoms with Gasteiger partial charge in [-0.25, -0.2) is 14.4 Å². The van der Waals surface area contributed by atoms with E-state index < -0.39 is 11.1 Å². The molecule has 4 N–H and O–H groups in total. The van der Waals surface area contributed by atoms with Gasteiger partial charge in [-0.05, 0) is 35.9 Å². The Morgan fingerprint density at radius 1 is 1.21 bits per heavy atom. The first-order valence-corrected chi connectivity index (χ1v) is 7.57. The normalized spacial score (nSPS) is 19.8. The van der Waals surface area contributed by atoms with E-state index in [-0.39, 0.29) is 11.6 Å². The molecule has 0 bridgehead atoms. The number of phenols is 1. The average Bonchev–Trinajstić information content (AvgIpc) is 2.53. The van der Waals surface area contributed by atoms with Crippen LogP contribution in [0.1, 0.15) is 0 Å². The Kier molecular flexibility index (Phi) is 4.46. The van der Waals surface area contributed by atoms with Crippen LogP contribution in [0.4, 0.5) is 15.8 Å². The van der Waals surface area contributed by atoms with Crippen molar-refractivity contribution in [3.05, 3.63) is 59.4 Å². The number of benzene rings is 1. The van der Waals surface area contributed by atoms with Gasteiger partial charge in [-0.3, -0.25) is 0 Å². The maximum absolute atomic E-state index is 14.0. The lowest BCUT2D eigenvalue weighted by Gasteiger charge is -2.31. The Balaban J connectivity index is 1.77. The Morgan fingerprint density at radius 3 is 2.75 bits per heavy atom. The van der Waals surface area contributed by atoms with Gasteiger partial charge in [0.2, 0.25) is 0 Å². The molecule has 0 saturated carbocycles. The smallest absolute Gasteiger partial charge is 0.287 e. The summed E-state index contributed by atoms with van der Waals surface area (Å²) in [5.74, 6) is -0.553. The largest absolute Gasteiger partial charge is 0.508 e. The molecule has 1 unspecified atom stereocenters. The Hall–Kier alpha value is -2.51. The van der Waals surface area contributed by atoms with E-state index in [2.05, 4.69) is 25.9 Å². The molecule has 6 nitrogen and oxygen atoms in total. The zero-order valence-electron chi connectivity index (χ0n) is 12.1. The number of anilines is 2. The van der Waals surface area contributed by atoms with Crippen LogP contribution < -0.4 is 16.0 Å². The van der Waals surface area contributed by atoms with E-state index in [9.17, 15) is 9.50 Å². The van der Waals surface area contributed by atoms with Gasteiger partial charge in [0.25, 0.3) is 5.25 Å². The number of halogens is 3. The van der Waals surface area contributed by atoms with Crippen LogP contribution in [0.15, 0.2) is 59.2 Å². The fourth-order valence-electron chi connectivity index (χ4n) is 1.99. The summed E-state index contributed by atoms with van der Waals surface area (Å²) in [6, 6.07) is 9.52. The van der Waals surface area contributed by atoms with Crippen molar-refractivity contribution in [1.29, 1.82) is 0 Å². The summed E-state index contributed by atoms with van der Waals surface area (Å²) in [4.78, 5) is 7.80. The molecule has 0 radical (unpaired) electrons. The summed E-state index contributed by atoms with van der Waals surface area (Å²) in [5, 5.41) is 16.7. The first-order valence-electron chi connectivity index (χ1n) is 6.81. The molecule has 24 heavy (non-hydrogen) atoms. The standard InChI is InChI=1S/C15H12Cl2FN5O/c16-13-5-4-10(7-19-13)21-14-12(18)8-20-15(17,23-14)22-9-2-1-3-11(24)6-9/h1-8,21-24H. The first-order chi connectivity index (χ1) is 11.4. The zero-order valence-corrected chi connectivity index (χ0v) is 13.6. The summed E-state index contributed by atoms with van der Waals surface area (Å²) < 4.78 is 14.0. The molecule has 2 heterocycles. The third-order valence-corrected chi connectivity index (χ3v) is 3.55. The van der Waals surface area contributed by atoms with E-state index in [4.69, 9.17) is 23.2 Å². The van der Waals surface area contributed by atoms with E-state index in [0.29, 0.717) is 16.5 Å². The van der Waals surface area contributed by atoms with E-state index in [0.717, 1.165) is 6.21 Å². The van der Waals surface area contributed by atoms with Crippen LogP contribution in [0.25, 0.3) is 0 Å². The monoisotopic (exact) mass is 367 g/mol. The number of allylic oxidation sites excluding steroid dienone is 1. The van der Waals surface area contributed by atoms with E-state index in [1.165, 1.54) is 18.3 Å². The van der Waals surface area contributed by atoms with Crippen molar-refractivity contribution < 1.29 is 9.50 Å². The molecule has 1 aromatic carbocycles. The topological polar surface area (TPSA) is 81.6 Å². The highest BCUT2D eigenvalue weighted by Gasteiger charge is 2.31. The number of aliphatic imine (C=N–C) groups is 1. The number of nitrogens with zero attached hydrogens (tertiary/aromatic N) is 2. The van der Waals surface area contributed by atoms with Crippen molar-refractivity contribution in [3.63, 3.8) is 0 Å². The van der Waals surface area contributed by atoms with Gasteiger partial charge in [-0.15, -0.1) is 0 Å². The van der Waals surface area contributed by atoms with Crippen molar-refractivity contribution in [2.24, 2.45) is 4.99 Å². The molecule has 0 saturated heterocycles. The lowest BCUT2D eigenvalue weighted by atomic mass is 10.3. The number of alkyl halides is 1. The molecule has 1 atom stereocenters. The lowest BCUT2D eigenvalue weighted by Crippen LogP contribution is -2.48. The molecule has 1 aromatic heterocycles. The first kappa shape index (κ1) is 16.4. The highest BCUT2D eigenvalue weighted by molar-refractivity contribution is 6.29. The minimum atomic E-state index is -1.52. The lowest BCUT2D eigenvalue weighted by molar-refractivity contribution is 0.475. The van der Waals surface area contributed by atoms with Gasteiger partial charge in [0.05, 0.1) is 18.1 Å². The van der Waals surface area contributed by atoms with Gasteiger partial charge in [-0.1, -0.05) is 17.7 Å². The maximum Gasteiger partial charge on any atom is 0.287 e. The number of phenolic OH excluding ortho intramolecular Hbond substituents is 1. The molecule has 3 rings (SSSR count). The molecule has 1 aliphatic rings. The molecule has 0 spiro atoms. The molecule has 2 aromatic rings. The van der Waals surface area contributed by atoms with Crippen LogP contribution in [0.2, 0.25) is 5.15 Å². The minimum absolute atomic E-state index is 0.0109. The number of rotatable bonds is 4. The molecule has 9 heteroatoms. The molecule has 0 aliphatic carbocycles. The molecule has 0 fully saturated rings. The fourth-order valence-corrected chi connectivity index (χ4v) is 2.36. The second kappa shape index (κ2) is 6.54. The number of nitrogens with one attached hydrogen (secondary N) is 3. The van der Waals surface area contributed by atoms with Crippen molar-refractivity contribution in [1.82, 2.24) is 10.3 Å². The Labute approximate surface area is 147 Å². The van der Waals surface area contributed by atoms with E-state index >= 15 is 0 Å². The predicted molar refractivity (Wildman–Crippen MR) is 92.9 cm³/mol. The van der Waals surface area contributed by atoms with Crippen molar-refractivity contribution in [2.45, 2.75) is 5.25 Å². The van der Waals surface area contributed by atoms with Gasteiger partial charge >= 0.3 is 0 Å². The van der Waals surface area contributed by atoms with Gasteiger partial charge in [0.1, 0.15) is 16.7 Å².